The van der Waals surface area contributed by atoms with Crippen LogP contribution in [0.15, 0.2) is 37.1 Å². The molecule has 0 spiro atoms. The fourth-order valence-electron chi connectivity index (χ4n) is 2.49. The van der Waals surface area contributed by atoms with Crippen LogP contribution in [0.1, 0.15) is 35.8 Å². The molecule has 128 valence electrons. The van der Waals surface area contributed by atoms with E-state index in [9.17, 15) is 9.90 Å². The molecule has 25 heavy (non-hydrogen) atoms. The molecule has 0 unspecified atom stereocenters. The normalized spacial score (nSPS) is 10.9. The second-order valence-corrected chi connectivity index (χ2v) is 5.75. The van der Waals surface area contributed by atoms with Crippen molar-refractivity contribution >= 4 is 5.91 Å². The Morgan fingerprint density at radius 1 is 1.28 bits per heavy atom. The number of rotatable bonds is 4. The summed E-state index contributed by atoms with van der Waals surface area (Å²) in [6.07, 6.45) is 6.42. The van der Waals surface area contributed by atoms with Crippen molar-refractivity contribution in [2.45, 2.75) is 19.8 Å². The molecule has 0 aliphatic carbocycles. The van der Waals surface area contributed by atoms with Crippen LogP contribution in [0.5, 0.6) is 5.88 Å². The Bertz CT molecular complexity index is 888. The van der Waals surface area contributed by atoms with Crippen molar-refractivity contribution < 1.29 is 9.90 Å². The minimum atomic E-state index is -0.264. The molecule has 0 bridgehead atoms. The van der Waals surface area contributed by atoms with Crippen molar-refractivity contribution in [1.29, 1.82) is 0 Å². The lowest BCUT2D eigenvalue weighted by Gasteiger charge is -2.15. The maximum absolute atomic E-state index is 11.7. The highest BCUT2D eigenvalue weighted by atomic mass is 16.3. The van der Waals surface area contributed by atoms with Crippen LogP contribution in [-0.2, 0) is 0 Å². The number of pyridine rings is 1. The lowest BCUT2D eigenvalue weighted by molar-refractivity contribution is 0.0958. The van der Waals surface area contributed by atoms with E-state index in [-0.39, 0.29) is 17.7 Å². The molecule has 1 amide bonds. The predicted octanol–water partition coefficient (Wildman–Crippen LogP) is 1.91. The van der Waals surface area contributed by atoms with Crippen molar-refractivity contribution in [1.82, 2.24) is 29.8 Å². The maximum atomic E-state index is 11.7. The largest absolute Gasteiger partial charge is 0.493 e. The molecule has 3 aromatic heterocycles. The summed E-state index contributed by atoms with van der Waals surface area (Å²) < 4.78 is 1.61. The van der Waals surface area contributed by atoms with Gasteiger partial charge in [-0.3, -0.25) is 14.3 Å². The van der Waals surface area contributed by atoms with Gasteiger partial charge in [-0.1, -0.05) is 13.8 Å². The number of hydrogen-bond donors (Lipinski definition) is 2. The molecule has 0 saturated carbocycles. The first-order chi connectivity index (χ1) is 12.0. The molecule has 8 nitrogen and oxygen atoms in total. The monoisotopic (exact) mass is 338 g/mol. The zero-order chi connectivity index (χ0) is 18.0. The van der Waals surface area contributed by atoms with Gasteiger partial charge in [0.15, 0.2) is 0 Å². The Labute approximate surface area is 144 Å². The number of carbonyl (C=O) groups is 1. The predicted molar refractivity (Wildman–Crippen MR) is 91.5 cm³/mol. The highest BCUT2D eigenvalue weighted by molar-refractivity contribution is 5.92. The second kappa shape index (κ2) is 6.68. The minimum absolute atomic E-state index is 0.00505. The van der Waals surface area contributed by atoms with Crippen LogP contribution in [0.25, 0.3) is 17.2 Å². The van der Waals surface area contributed by atoms with E-state index < -0.39 is 0 Å². The first-order valence-electron chi connectivity index (χ1n) is 7.79. The van der Waals surface area contributed by atoms with E-state index in [4.69, 9.17) is 0 Å². The van der Waals surface area contributed by atoms with Crippen LogP contribution < -0.4 is 5.32 Å². The van der Waals surface area contributed by atoms with E-state index in [1.54, 1.807) is 48.7 Å². The number of aromatic hydroxyl groups is 1. The van der Waals surface area contributed by atoms with E-state index >= 15 is 0 Å². The van der Waals surface area contributed by atoms with Crippen molar-refractivity contribution in [3.05, 3.63) is 48.3 Å². The molecule has 0 fully saturated rings. The molecule has 0 atom stereocenters. The highest BCUT2D eigenvalue weighted by Gasteiger charge is 2.19. The summed E-state index contributed by atoms with van der Waals surface area (Å²) in [5, 5.41) is 12.9. The Kier molecular flexibility index (Phi) is 4.42. The van der Waals surface area contributed by atoms with Gasteiger partial charge in [-0.2, -0.15) is 4.98 Å². The Balaban J connectivity index is 2.14. The summed E-state index contributed by atoms with van der Waals surface area (Å²) in [6.45, 7) is 3.90. The summed E-state index contributed by atoms with van der Waals surface area (Å²) in [5.74, 6) is -0.0328. The SMILES string of the molecule is CNC(=O)c1ccc(-c2nc(-n3ccnc3)nc(O)c2C(C)C)cn1. The summed E-state index contributed by atoms with van der Waals surface area (Å²) in [4.78, 5) is 28.5. The van der Waals surface area contributed by atoms with Gasteiger partial charge in [0.2, 0.25) is 11.8 Å². The number of nitrogens with zero attached hydrogens (tertiary/aromatic N) is 5. The lowest BCUT2D eigenvalue weighted by atomic mass is 9.98. The van der Waals surface area contributed by atoms with E-state index in [0.717, 1.165) is 0 Å². The number of aromatic nitrogens is 5. The van der Waals surface area contributed by atoms with Crippen molar-refractivity contribution in [2.75, 3.05) is 7.05 Å². The summed E-state index contributed by atoms with van der Waals surface area (Å²) >= 11 is 0. The zero-order valence-corrected chi connectivity index (χ0v) is 14.1. The fraction of sp³-hybridized carbons (Fsp3) is 0.235. The van der Waals surface area contributed by atoms with E-state index in [2.05, 4.69) is 25.3 Å². The summed E-state index contributed by atoms with van der Waals surface area (Å²) in [5.41, 5.74) is 2.20. The third-order valence-electron chi connectivity index (χ3n) is 3.72. The van der Waals surface area contributed by atoms with Gasteiger partial charge in [-0.15, -0.1) is 0 Å². The first-order valence-corrected chi connectivity index (χ1v) is 7.79. The fourth-order valence-corrected chi connectivity index (χ4v) is 2.49. The Morgan fingerprint density at radius 2 is 2.08 bits per heavy atom. The molecular formula is C17H18N6O2. The molecule has 3 aromatic rings. The Morgan fingerprint density at radius 3 is 2.64 bits per heavy atom. The van der Waals surface area contributed by atoms with Gasteiger partial charge in [0.25, 0.3) is 5.91 Å². The summed E-state index contributed by atoms with van der Waals surface area (Å²) in [6, 6.07) is 3.37. The van der Waals surface area contributed by atoms with E-state index in [1.807, 2.05) is 13.8 Å². The number of amides is 1. The van der Waals surface area contributed by atoms with Crippen LogP contribution in [0.2, 0.25) is 0 Å². The topological polar surface area (TPSA) is 106 Å². The third kappa shape index (κ3) is 3.18. The second-order valence-electron chi connectivity index (χ2n) is 5.75. The maximum Gasteiger partial charge on any atom is 0.269 e. The van der Waals surface area contributed by atoms with E-state index in [0.29, 0.717) is 28.5 Å². The van der Waals surface area contributed by atoms with Crippen LogP contribution >= 0.6 is 0 Å². The van der Waals surface area contributed by atoms with Gasteiger partial charge in [0.1, 0.15) is 12.0 Å². The van der Waals surface area contributed by atoms with Gasteiger partial charge in [-0.05, 0) is 18.1 Å². The van der Waals surface area contributed by atoms with Crippen molar-refractivity contribution in [3.8, 4) is 23.1 Å². The molecule has 3 rings (SSSR count). The van der Waals surface area contributed by atoms with Crippen LogP contribution in [0, 0.1) is 0 Å². The van der Waals surface area contributed by atoms with Crippen molar-refractivity contribution in [2.24, 2.45) is 0 Å². The number of hydrogen-bond acceptors (Lipinski definition) is 6. The van der Waals surface area contributed by atoms with Gasteiger partial charge in [0, 0.05) is 36.8 Å². The molecule has 0 saturated heterocycles. The van der Waals surface area contributed by atoms with Crippen LogP contribution in [0.3, 0.4) is 0 Å². The molecule has 0 aliphatic rings. The smallest absolute Gasteiger partial charge is 0.269 e. The molecule has 3 heterocycles. The van der Waals surface area contributed by atoms with Gasteiger partial charge < -0.3 is 10.4 Å². The zero-order valence-electron chi connectivity index (χ0n) is 14.1. The lowest BCUT2D eigenvalue weighted by Crippen LogP contribution is -2.19. The average Bonchev–Trinajstić information content (AvgIpc) is 3.14. The standard InChI is InChI=1S/C17H18N6O2/c1-10(2)13-14(11-4-5-12(20-8-11)15(24)18-3)21-17(22-16(13)25)23-7-6-19-9-23/h4-10H,1-3H3,(H,18,24)(H,21,22,25). The van der Waals surface area contributed by atoms with Crippen molar-refractivity contribution in [3.63, 3.8) is 0 Å². The molecule has 0 aromatic carbocycles. The minimum Gasteiger partial charge on any atom is -0.493 e. The number of carbonyl (C=O) groups excluding carboxylic acids is 1. The molecule has 8 heteroatoms. The molecule has 2 N–H and O–H groups in total. The summed E-state index contributed by atoms with van der Waals surface area (Å²) in [7, 11) is 1.55. The van der Waals surface area contributed by atoms with Gasteiger partial charge in [0.05, 0.1) is 5.69 Å². The average molecular weight is 338 g/mol. The molecule has 0 radical (unpaired) electrons. The van der Waals surface area contributed by atoms with Gasteiger partial charge >= 0.3 is 0 Å². The Hall–Kier alpha value is -3.29. The molecular weight excluding hydrogens is 320 g/mol. The highest BCUT2D eigenvalue weighted by Crippen LogP contribution is 2.33. The molecule has 0 aliphatic heterocycles. The number of nitrogens with one attached hydrogen (secondary N) is 1. The van der Waals surface area contributed by atoms with E-state index in [1.165, 1.54) is 0 Å². The van der Waals surface area contributed by atoms with Crippen LogP contribution in [0.4, 0.5) is 0 Å². The number of imidazole rings is 1. The quantitative estimate of drug-likeness (QED) is 0.753. The van der Waals surface area contributed by atoms with Gasteiger partial charge in [-0.25, -0.2) is 9.97 Å². The third-order valence-corrected chi connectivity index (χ3v) is 3.72. The first kappa shape index (κ1) is 16.6. The van der Waals surface area contributed by atoms with Crippen LogP contribution in [-0.4, -0.2) is 42.6 Å².